The van der Waals surface area contributed by atoms with Crippen LogP contribution in [0.5, 0.6) is 0 Å². The Labute approximate surface area is 111 Å². The summed E-state index contributed by atoms with van der Waals surface area (Å²) in [6, 6.07) is 1.77. The number of aryl methyl sites for hydroxylation is 1. The van der Waals surface area contributed by atoms with Crippen molar-refractivity contribution in [2.24, 2.45) is 11.7 Å². The van der Waals surface area contributed by atoms with Crippen molar-refractivity contribution in [3.05, 3.63) is 23.5 Å². The molecule has 1 aliphatic rings. The third-order valence-corrected chi connectivity index (χ3v) is 3.49. The molecule has 0 atom stereocenters. The summed E-state index contributed by atoms with van der Waals surface area (Å²) in [6.07, 6.45) is 2.71. The molecule has 1 amide bonds. The average Bonchev–Trinajstić information content (AvgIpc) is 2.38. The van der Waals surface area contributed by atoms with Gasteiger partial charge in [0.2, 0.25) is 5.91 Å². The molecule has 2 rings (SSSR count). The summed E-state index contributed by atoms with van der Waals surface area (Å²) in [5, 5.41) is 9.19. The molecule has 1 fully saturated rings. The highest BCUT2D eigenvalue weighted by Crippen LogP contribution is 2.26. The fourth-order valence-electron chi connectivity index (χ4n) is 2.38. The molecule has 0 unspecified atom stereocenters. The van der Waals surface area contributed by atoms with Gasteiger partial charge in [0, 0.05) is 30.9 Å². The minimum Gasteiger partial charge on any atom is -0.478 e. The van der Waals surface area contributed by atoms with Gasteiger partial charge in [-0.15, -0.1) is 0 Å². The Hall–Kier alpha value is -2.11. The lowest BCUT2D eigenvalue weighted by molar-refractivity contribution is -0.122. The van der Waals surface area contributed by atoms with E-state index in [-0.39, 0.29) is 17.4 Å². The molecule has 0 aromatic carbocycles. The number of carboxylic acids is 1. The minimum absolute atomic E-state index is 0.104. The highest BCUT2D eigenvalue weighted by atomic mass is 16.4. The molecule has 1 aromatic heterocycles. The number of nitrogens with two attached hydrogens (primary N) is 1. The molecule has 0 radical (unpaired) electrons. The fraction of sp³-hybridized carbons (Fsp3) is 0.462. The van der Waals surface area contributed by atoms with Gasteiger partial charge in [0.1, 0.15) is 5.56 Å². The molecule has 1 aromatic rings. The van der Waals surface area contributed by atoms with E-state index in [4.69, 9.17) is 5.73 Å². The minimum atomic E-state index is -0.987. The molecule has 1 saturated heterocycles. The molecular formula is C13H17N3O3. The Morgan fingerprint density at radius 1 is 1.42 bits per heavy atom. The first-order valence-corrected chi connectivity index (χ1v) is 6.23. The molecule has 6 heteroatoms. The van der Waals surface area contributed by atoms with E-state index in [2.05, 4.69) is 4.98 Å². The quantitative estimate of drug-likeness (QED) is 0.840. The first kappa shape index (κ1) is 13.3. The smallest absolute Gasteiger partial charge is 0.339 e. The number of pyridine rings is 1. The van der Waals surface area contributed by atoms with Crippen molar-refractivity contribution in [2.45, 2.75) is 19.8 Å². The van der Waals surface area contributed by atoms with Gasteiger partial charge in [0.15, 0.2) is 0 Å². The summed E-state index contributed by atoms with van der Waals surface area (Å²) < 4.78 is 0. The number of piperidine rings is 1. The van der Waals surface area contributed by atoms with Crippen LogP contribution < -0.4 is 10.6 Å². The van der Waals surface area contributed by atoms with E-state index in [0.29, 0.717) is 31.6 Å². The van der Waals surface area contributed by atoms with Crippen molar-refractivity contribution in [3.8, 4) is 0 Å². The Balaban J connectivity index is 2.21. The Bertz CT molecular complexity index is 508. The number of hydrogen-bond acceptors (Lipinski definition) is 4. The highest BCUT2D eigenvalue weighted by molar-refractivity contribution is 5.94. The van der Waals surface area contributed by atoms with E-state index < -0.39 is 5.97 Å². The number of anilines is 1. The van der Waals surface area contributed by atoms with Crippen LogP contribution in [0.25, 0.3) is 0 Å². The second-order valence-electron chi connectivity index (χ2n) is 4.81. The lowest BCUT2D eigenvalue weighted by atomic mass is 9.95. The van der Waals surface area contributed by atoms with Crippen LogP contribution in [-0.2, 0) is 4.79 Å². The molecule has 19 heavy (non-hydrogen) atoms. The van der Waals surface area contributed by atoms with E-state index in [0.717, 1.165) is 5.69 Å². The van der Waals surface area contributed by atoms with Gasteiger partial charge in [-0.1, -0.05) is 0 Å². The average molecular weight is 263 g/mol. The third kappa shape index (κ3) is 2.83. The molecule has 102 valence electrons. The van der Waals surface area contributed by atoms with Gasteiger partial charge in [-0.3, -0.25) is 9.78 Å². The van der Waals surface area contributed by atoms with Crippen molar-refractivity contribution in [1.82, 2.24) is 4.98 Å². The summed E-state index contributed by atoms with van der Waals surface area (Å²) in [5.41, 5.74) is 6.93. The number of rotatable bonds is 3. The second kappa shape index (κ2) is 5.26. The number of aromatic carboxylic acids is 1. The third-order valence-electron chi connectivity index (χ3n) is 3.49. The Morgan fingerprint density at radius 2 is 2.05 bits per heavy atom. The van der Waals surface area contributed by atoms with Crippen LogP contribution in [-0.4, -0.2) is 35.1 Å². The predicted molar refractivity (Wildman–Crippen MR) is 70.1 cm³/mol. The standard InChI is InChI=1S/C13H17N3O3/c1-8-6-11(10(7-15-8)13(18)19)16-4-2-9(3-5-16)12(14)17/h6-7,9H,2-5H2,1H3,(H2,14,17)(H,18,19). The summed E-state index contributed by atoms with van der Waals surface area (Å²) in [5.74, 6) is -1.36. The van der Waals surface area contributed by atoms with Crippen molar-refractivity contribution in [1.29, 1.82) is 0 Å². The largest absolute Gasteiger partial charge is 0.478 e. The van der Waals surface area contributed by atoms with Crippen LogP contribution in [0.3, 0.4) is 0 Å². The molecule has 0 spiro atoms. The topological polar surface area (TPSA) is 96.5 Å². The molecule has 0 saturated carbocycles. The van der Waals surface area contributed by atoms with E-state index in [1.807, 2.05) is 11.8 Å². The second-order valence-corrected chi connectivity index (χ2v) is 4.81. The first-order valence-electron chi connectivity index (χ1n) is 6.23. The maximum atomic E-state index is 11.2. The van der Waals surface area contributed by atoms with Crippen LogP contribution in [0.15, 0.2) is 12.3 Å². The van der Waals surface area contributed by atoms with Crippen LogP contribution in [0.4, 0.5) is 5.69 Å². The number of aromatic nitrogens is 1. The number of carboxylic acid groups (broad SMARTS) is 1. The van der Waals surface area contributed by atoms with Gasteiger partial charge in [0.05, 0.1) is 5.69 Å². The van der Waals surface area contributed by atoms with E-state index in [9.17, 15) is 14.7 Å². The van der Waals surface area contributed by atoms with Crippen LogP contribution in [0.2, 0.25) is 0 Å². The number of amides is 1. The molecular weight excluding hydrogens is 246 g/mol. The number of primary amides is 1. The normalized spacial score (nSPS) is 16.4. The summed E-state index contributed by atoms with van der Waals surface area (Å²) in [4.78, 5) is 28.3. The Kier molecular flexibility index (Phi) is 3.69. The number of hydrogen-bond donors (Lipinski definition) is 2. The summed E-state index contributed by atoms with van der Waals surface area (Å²) in [6.45, 7) is 3.10. The van der Waals surface area contributed by atoms with Gasteiger partial charge >= 0.3 is 5.97 Å². The Morgan fingerprint density at radius 3 is 2.58 bits per heavy atom. The highest BCUT2D eigenvalue weighted by Gasteiger charge is 2.25. The first-order chi connectivity index (χ1) is 8.99. The zero-order valence-corrected chi connectivity index (χ0v) is 10.8. The summed E-state index contributed by atoms with van der Waals surface area (Å²) >= 11 is 0. The van der Waals surface area contributed by atoms with E-state index >= 15 is 0 Å². The van der Waals surface area contributed by atoms with Gasteiger partial charge in [-0.25, -0.2) is 4.79 Å². The van der Waals surface area contributed by atoms with Crippen LogP contribution >= 0.6 is 0 Å². The van der Waals surface area contributed by atoms with E-state index in [1.165, 1.54) is 6.20 Å². The lowest BCUT2D eigenvalue weighted by Crippen LogP contribution is -2.39. The van der Waals surface area contributed by atoms with Crippen molar-refractivity contribution in [2.75, 3.05) is 18.0 Å². The van der Waals surface area contributed by atoms with Crippen molar-refractivity contribution >= 4 is 17.6 Å². The lowest BCUT2D eigenvalue weighted by Gasteiger charge is -2.33. The monoisotopic (exact) mass is 263 g/mol. The molecule has 2 heterocycles. The molecule has 0 bridgehead atoms. The SMILES string of the molecule is Cc1cc(N2CCC(C(N)=O)CC2)c(C(=O)O)cn1. The maximum Gasteiger partial charge on any atom is 0.339 e. The van der Waals surface area contributed by atoms with Crippen LogP contribution in [0.1, 0.15) is 28.9 Å². The zero-order chi connectivity index (χ0) is 14.0. The number of carbonyl (C=O) groups excluding carboxylic acids is 1. The summed E-state index contributed by atoms with van der Waals surface area (Å²) in [7, 11) is 0. The molecule has 0 aliphatic carbocycles. The van der Waals surface area contributed by atoms with Gasteiger partial charge < -0.3 is 15.7 Å². The van der Waals surface area contributed by atoms with E-state index in [1.54, 1.807) is 6.07 Å². The molecule has 3 N–H and O–H groups in total. The predicted octanol–water partition coefficient (Wildman–Crippen LogP) is 0.790. The van der Waals surface area contributed by atoms with Crippen molar-refractivity contribution < 1.29 is 14.7 Å². The van der Waals surface area contributed by atoms with Gasteiger partial charge in [-0.05, 0) is 25.8 Å². The van der Waals surface area contributed by atoms with Gasteiger partial charge in [-0.2, -0.15) is 0 Å². The fourth-order valence-corrected chi connectivity index (χ4v) is 2.38. The van der Waals surface area contributed by atoms with Crippen LogP contribution in [0, 0.1) is 12.8 Å². The number of carbonyl (C=O) groups is 2. The molecule has 6 nitrogen and oxygen atoms in total. The van der Waals surface area contributed by atoms with Gasteiger partial charge in [0.25, 0.3) is 0 Å². The van der Waals surface area contributed by atoms with Crippen molar-refractivity contribution in [3.63, 3.8) is 0 Å². The number of nitrogens with zero attached hydrogens (tertiary/aromatic N) is 2. The zero-order valence-electron chi connectivity index (χ0n) is 10.8. The maximum absolute atomic E-state index is 11.2. The molecule has 1 aliphatic heterocycles.